The molecule has 12 nitrogen and oxygen atoms in total. The van der Waals surface area contributed by atoms with Crippen molar-refractivity contribution in [1.82, 2.24) is 19.6 Å². The van der Waals surface area contributed by atoms with E-state index in [1.54, 1.807) is 14.1 Å². The molecule has 0 aliphatic rings. The molecule has 0 fully saturated rings. The number of aliphatic hydroxyl groups excluding tert-OH is 1. The third-order valence-corrected chi connectivity index (χ3v) is 2.79. The van der Waals surface area contributed by atoms with Crippen molar-refractivity contribution in [2.24, 2.45) is 14.1 Å². The van der Waals surface area contributed by atoms with E-state index >= 15 is 0 Å². The Morgan fingerprint density at radius 3 is 1.96 bits per heavy atom. The Hall–Kier alpha value is -3.15. The van der Waals surface area contributed by atoms with Crippen LogP contribution in [-0.2, 0) is 31.7 Å². The van der Waals surface area contributed by atoms with E-state index in [2.05, 4.69) is 10.2 Å². The summed E-state index contributed by atoms with van der Waals surface area (Å²) in [5, 5.41) is 36.9. The number of hydrogen-bond donors (Lipinski definition) is 1. The van der Waals surface area contributed by atoms with Crippen LogP contribution in [0.5, 0.6) is 0 Å². The van der Waals surface area contributed by atoms with Crippen LogP contribution in [0.25, 0.3) is 0 Å². The van der Waals surface area contributed by atoms with Crippen molar-refractivity contribution in [3.8, 4) is 0 Å². The van der Waals surface area contributed by atoms with Crippen molar-refractivity contribution in [2.45, 2.75) is 12.8 Å². The second kappa shape index (κ2) is 8.47. The van der Waals surface area contributed by atoms with Gasteiger partial charge in [0.1, 0.15) is 30.1 Å². The van der Waals surface area contributed by atoms with Crippen molar-refractivity contribution >= 4 is 17.7 Å². The van der Waals surface area contributed by atoms with Gasteiger partial charge >= 0.3 is 11.4 Å². The fourth-order valence-electron chi connectivity index (χ4n) is 1.86. The Morgan fingerprint density at radius 1 is 1.08 bits per heavy atom. The minimum atomic E-state index is -0.550. The third kappa shape index (κ3) is 4.95. The highest BCUT2D eigenvalue weighted by molar-refractivity contribution is 5.56. The molecular weight excluding hydrogens is 324 g/mol. The van der Waals surface area contributed by atoms with Crippen LogP contribution >= 0.6 is 0 Å². The van der Waals surface area contributed by atoms with Gasteiger partial charge in [0.05, 0.1) is 16.3 Å². The SMILES string of the molecule is Cn1cc([N+](=O)[O-])c(CC=O)n1.Cn1cc([N+](=O)[O-])c(CCO)n1. The van der Waals surface area contributed by atoms with Crippen molar-refractivity contribution in [3.63, 3.8) is 0 Å². The standard InChI is InChI=1S/C6H9N3O3.C6H7N3O3/c2*1-8-4-6(9(11)12)5(7-8)2-3-10/h4,10H,2-3H2,1H3;3-4H,2H2,1H3. The van der Waals surface area contributed by atoms with E-state index in [4.69, 9.17) is 5.11 Å². The Kier molecular flexibility index (Phi) is 6.67. The fraction of sp³-hybridized carbons (Fsp3) is 0.417. The molecule has 0 radical (unpaired) electrons. The van der Waals surface area contributed by atoms with E-state index in [0.29, 0.717) is 12.0 Å². The minimum absolute atomic E-state index is 0.0167. The molecule has 2 rings (SSSR count). The molecule has 1 N–H and O–H groups in total. The summed E-state index contributed by atoms with van der Waals surface area (Å²) in [5.41, 5.74) is 0.388. The molecule has 0 saturated heterocycles. The second-order valence-corrected chi connectivity index (χ2v) is 4.63. The number of nitrogens with zero attached hydrogens (tertiary/aromatic N) is 6. The van der Waals surface area contributed by atoms with Gasteiger partial charge in [-0.15, -0.1) is 0 Å². The van der Waals surface area contributed by atoms with Crippen molar-refractivity contribution in [2.75, 3.05) is 6.61 Å². The Morgan fingerprint density at radius 2 is 1.54 bits per heavy atom. The molecule has 0 spiro atoms. The summed E-state index contributed by atoms with van der Waals surface area (Å²) in [4.78, 5) is 29.8. The lowest BCUT2D eigenvalue weighted by Crippen LogP contribution is -1.97. The number of aromatic nitrogens is 4. The summed E-state index contributed by atoms with van der Waals surface area (Å²) < 4.78 is 2.68. The summed E-state index contributed by atoms with van der Waals surface area (Å²) in [6.07, 6.45) is 3.40. The molecule has 0 aromatic carbocycles. The lowest BCUT2D eigenvalue weighted by atomic mass is 10.3. The highest BCUT2D eigenvalue weighted by Crippen LogP contribution is 2.16. The molecule has 0 aliphatic carbocycles. The van der Waals surface area contributed by atoms with Crippen LogP contribution in [-0.4, -0.2) is 47.4 Å². The molecular formula is C12H16N6O6. The predicted molar refractivity (Wildman–Crippen MR) is 80.3 cm³/mol. The molecule has 2 aromatic rings. The van der Waals surface area contributed by atoms with E-state index in [9.17, 15) is 25.0 Å². The highest BCUT2D eigenvalue weighted by Gasteiger charge is 2.17. The number of rotatable bonds is 6. The van der Waals surface area contributed by atoms with Gasteiger partial charge in [-0.25, -0.2) is 0 Å². The number of nitro groups is 2. The van der Waals surface area contributed by atoms with Gasteiger partial charge in [0.25, 0.3) is 0 Å². The normalized spacial score (nSPS) is 9.96. The third-order valence-electron chi connectivity index (χ3n) is 2.79. The van der Waals surface area contributed by atoms with E-state index in [0.717, 1.165) is 0 Å². The first-order valence-electron chi connectivity index (χ1n) is 6.68. The van der Waals surface area contributed by atoms with Gasteiger partial charge in [-0.05, 0) is 0 Å². The molecule has 0 saturated carbocycles. The molecule has 12 heteroatoms. The number of carbonyl (C=O) groups is 1. The zero-order valence-corrected chi connectivity index (χ0v) is 13.0. The molecule has 0 amide bonds. The summed E-state index contributed by atoms with van der Waals surface area (Å²) in [5.74, 6) is 0. The first kappa shape index (κ1) is 18.9. The Balaban J connectivity index is 0.000000240. The first-order valence-corrected chi connectivity index (χ1v) is 6.68. The average Bonchev–Trinajstić information content (AvgIpc) is 3.04. The van der Waals surface area contributed by atoms with Crippen LogP contribution in [0.3, 0.4) is 0 Å². The largest absolute Gasteiger partial charge is 0.396 e. The number of carbonyl (C=O) groups excluding carboxylic acids is 1. The maximum Gasteiger partial charge on any atom is 0.310 e. The molecule has 0 atom stereocenters. The Labute approximate surface area is 135 Å². The molecule has 0 aliphatic heterocycles. The zero-order chi connectivity index (χ0) is 18.3. The first-order chi connectivity index (χ1) is 11.3. The fourth-order valence-corrected chi connectivity index (χ4v) is 1.86. The van der Waals surface area contributed by atoms with Crippen LogP contribution in [0.1, 0.15) is 11.4 Å². The van der Waals surface area contributed by atoms with Gasteiger partial charge in [0.15, 0.2) is 0 Å². The van der Waals surface area contributed by atoms with Crippen LogP contribution in [0.2, 0.25) is 0 Å². The molecule has 2 aromatic heterocycles. The predicted octanol–water partition coefficient (Wildman–Crippen LogP) is -0.0672. The maximum absolute atomic E-state index is 10.4. The van der Waals surface area contributed by atoms with E-state index < -0.39 is 9.85 Å². The van der Waals surface area contributed by atoms with Crippen LogP contribution in [0.4, 0.5) is 11.4 Å². The smallest absolute Gasteiger partial charge is 0.310 e. The van der Waals surface area contributed by atoms with Gasteiger partial charge < -0.3 is 9.90 Å². The van der Waals surface area contributed by atoms with Crippen molar-refractivity contribution < 1.29 is 19.7 Å². The molecule has 130 valence electrons. The van der Waals surface area contributed by atoms with Gasteiger partial charge in [-0.3, -0.25) is 29.6 Å². The second-order valence-electron chi connectivity index (χ2n) is 4.63. The maximum atomic E-state index is 10.4. The topological polar surface area (TPSA) is 159 Å². The summed E-state index contributed by atoms with van der Waals surface area (Å²) >= 11 is 0. The van der Waals surface area contributed by atoms with E-state index in [1.165, 1.54) is 21.8 Å². The number of hydrogen-bond acceptors (Lipinski definition) is 8. The molecule has 0 unspecified atom stereocenters. The minimum Gasteiger partial charge on any atom is -0.396 e. The Bertz CT molecular complexity index is 736. The number of aliphatic hydroxyl groups is 1. The van der Waals surface area contributed by atoms with Crippen molar-refractivity contribution in [3.05, 3.63) is 44.0 Å². The van der Waals surface area contributed by atoms with E-state index in [-0.39, 0.29) is 36.5 Å². The van der Waals surface area contributed by atoms with Crippen molar-refractivity contribution in [1.29, 1.82) is 0 Å². The number of aryl methyl sites for hydroxylation is 2. The van der Waals surface area contributed by atoms with Gasteiger partial charge in [-0.2, -0.15) is 10.2 Å². The zero-order valence-electron chi connectivity index (χ0n) is 13.0. The van der Waals surface area contributed by atoms with Crippen LogP contribution < -0.4 is 0 Å². The van der Waals surface area contributed by atoms with Crippen LogP contribution in [0.15, 0.2) is 12.4 Å². The lowest BCUT2D eigenvalue weighted by molar-refractivity contribution is -0.385. The van der Waals surface area contributed by atoms with Gasteiger partial charge in [0, 0.05) is 27.1 Å². The van der Waals surface area contributed by atoms with E-state index in [1.807, 2.05) is 0 Å². The summed E-state index contributed by atoms with van der Waals surface area (Å²) in [6, 6.07) is 0. The lowest BCUT2D eigenvalue weighted by Gasteiger charge is -1.89. The number of aldehydes is 1. The monoisotopic (exact) mass is 340 g/mol. The molecule has 2 heterocycles. The van der Waals surface area contributed by atoms with Gasteiger partial charge in [0.2, 0.25) is 0 Å². The van der Waals surface area contributed by atoms with Crippen LogP contribution in [0, 0.1) is 20.2 Å². The molecule has 24 heavy (non-hydrogen) atoms. The summed E-state index contributed by atoms with van der Waals surface area (Å²) in [6.45, 7) is -0.127. The average molecular weight is 340 g/mol. The van der Waals surface area contributed by atoms with Gasteiger partial charge in [-0.1, -0.05) is 0 Å². The summed E-state index contributed by atoms with van der Waals surface area (Å²) in [7, 11) is 3.18. The quantitative estimate of drug-likeness (QED) is 0.434. The molecule has 0 bridgehead atoms. The highest BCUT2D eigenvalue weighted by atomic mass is 16.6.